The van der Waals surface area contributed by atoms with Crippen LogP contribution in [0.3, 0.4) is 0 Å². The lowest BCUT2D eigenvalue weighted by atomic mass is 10.1. The number of anilines is 2. The van der Waals surface area contributed by atoms with Crippen molar-refractivity contribution in [2.75, 3.05) is 10.6 Å². The van der Waals surface area contributed by atoms with E-state index < -0.39 is 11.9 Å². The van der Waals surface area contributed by atoms with Crippen LogP contribution in [0.2, 0.25) is 0 Å². The lowest BCUT2D eigenvalue weighted by molar-refractivity contribution is -0.116. The van der Waals surface area contributed by atoms with Crippen molar-refractivity contribution in [3.05, 3.63) is 56.7 Å². The van der Waals surface area contributed by atoms with Crippen molar-refractivity contribution in [2.24, 2.45) is 0 Å². The number of hydrogen-bond acceptors (Lipinski definition) is 2. The first-order valence-electron chi connectivity index (χ1n) is 5.87. The van der Waals surface area contributed by atoms with E-state index >= 15 is 0 Å². The van der Waals surface area contributed by atoms with Crippen molar-refractivity contribution in [1.82, 2.24) is 0 Å². The minimum atomic E-state index is -0.621. The molecule has 102 valence electrons. The van der Waals surface area contributed by atoms with Crippen molar-refractivity contribution in [2.45, 2.75) is 6.04 Å². The van der Waals surface area contributed by atoms with Crippen LogP contribution >= 0.6 is 31.9 Å². The predicted octanol–water partition coefficient (Wildman–Crippen LogP) is 4.46. The highest BCUT2D eigenvalue weighted by Gasteiger charge is 2.32. The van der Waals surface area contributed by atoms with E-state index in [1.807, 2.05) is 18.2 Å². The number of hydrogen-bond donors (Lipinski definition) is 2. The zero-order valence-electron chi connectivity index (χ0n) is 10.1. The third-order valence-corrected chi connectivity index (χ3v) is 4.27. The number of rotatable bonds is 2. The van der Waals surface area contributed by atoms with Gasteiger partial charge >= 0.3 is 0 Å². The van der Waals surface area contributed by atoms with Crippen LogP contribution in [-0.4, -0.2) is 5.91 Å². The predicted molar refractivity (Wildman–Crippen MR) is 83.2 cm³/mol. The Hall–Kier alpha value is -1.40. The molecule has 2 aromatic carbocycles. The highest BCUT2D eigenvalue weighted by molar-refractivity contribution is 9.10. The quantitative estimate of drug-likeness (QED) is 0.782. The molecule has 1 aliphatic heterocycles. The Labute approximate surface area is 131 Å². The number of carbonyl (C=O) groups is 1. The van der Waals surface area contributed by atoms with E-state index in [1.165, 1.54) is 6.07 Å². The van der Waals surface area contributed by atoms with Crippen LogP contribution in [0.25, 0.3) is 0 Å². The summed E-state index contributed by atoms with van der Waals surface area (Å²) in [5, 5.41) is 5.73. The van der Waals surface area contributed by atoms with Crippen molar-refractivity contribution in [1.29, 1.82) is 0 Å². The van der Waals surface area contributed by atoms with Gasteiger partial charge < -0.3 is 10.6 Å². The van der Waals surface area contributed by atoms with Gasteiger partial charge in [0.25, 0.3) is 5.91 Å². The molecule has 2 N–H and O–H groups in total. The van der Waals surface area contributed by atoms with Crippen LogP contribution in [0.5, 0.6) is 0 Å². The van der Waals surface area contributed by atoms with E-state index in [9.17, 15) is 9.18 Å². The Bertz CT molecular complexity index is 706. The maximum Gasteiger partial charge on any atom is 0.251 e. The fourth-order valence-corrected chi connectivity index (χ4v) is 3.13. The summed E-state index contributed by atoms with van der Waals surface area (Å²) in [4.78, 5) is 12.1. The average molecular weight is 400 g/mol. The Morgan fingerprint density at radius 3 is 2.80 bits per heavy atom. The van der Waals surface area contributed by atoms with E-state index in [0.717, 1.165) is 20.2 Å². The van der Waals surface area contributed by atoms with E-state index in [1.54, 1.807) is 12.1 Å². The topological polar surface area (TPSA) is 41.1 Å². The number of benzene rings is 2. The SMILES string of the molecule is O=C1Nc2cccc(Br)c2C1Nc1cc(Br)ccc1F. The number of amides is 1. The molecule has 20 heavy (non-hydrogen) atoms. The molecule has 6 heteroatoms. The Morgan fingerprint density at radius 2 is 2.00 bits per heavy atom. The summed E-state index contributed by atoms with van der Waals surface area (Å²) in [5.74, 6) is -0.604. The summed E-state index contributed by atoms with van der Waals surface area (Å²) in [5.41, 5.74) is 1.80. The van der Waals surface area contributed by atoms with Crippen molar-refractivity contribution >= 4 is 49.1 Å². The highest BCUT2D eigenvalue weighted by atomic mass is 79.9. The average Bonchev–Trinajstić information content (AvgIpc) is 2.72. The molecule has 0 saturated carbocycles. The minimum absolute atomic E-state index is 0.203. The van der Waals surface area contributed by atoms with Gasteiger partial charge in [0.15, 0.2) is 0 Å². The molecule has 0 radical (unpaired) electrons. The first-order valence-corrected chi connectivity index (χ1v) is 7.46. The maximum absolute atomic E-state index is 13.8. The summed E-state index contributed by atoms with van der Waals surface area (Å²) in [6.45, 7) is 0. The number of carbonyl (C=O) groups excluding carboxylic acids is 1. The zero-order valence-corrected chi connectivity index (χ0v) is 13.3. The van der Waals surface area contributed by atoms with E-state index in [-0.39, 0.29) is 11.6 Å². The van der Waals surface area contributed by atoms with Gasteiger partial charge in [0.1, 0.15) is 11.9 Å². The summed E-state index contributed by atoms with van der Waals surface area (Å²) < 4.78 is 15.3. The number of nitrogens with one attached hydrogen (secondary N) is 2. The van der Waals surface area contributed by atoms with Crippen LogP contribution < -0.4 is 10.6 Å². The lowest BCUT2D eigenvalue weighted by Crippen LogP contribution is -2.20. The molecule has 0 aliphatic carbocycles. The molecule has 1 atom stereocenters. The minimum Gasteiger partial charge on any atom is -0.368 e. The molecule has 3 nitrogen and oxygen atoms in total. The third-order valence-electron chi connectivity index (χ3n) is 3.09. The van der Waals surface area contributed by atoms with Crippen molar-refractivity contribution in [3.8, 4) is 0 Å². The van der Waals surface area contributed by atoms with Crippen LogP contribution in [0, 0.1) is 5.82 Å². The normalized spacial score (nSPS) is 16.8. The molecule has 1 amide bonds. The zero-order chi connectivity index (χ0) is 14.3. The molecule has 1 aliphatic rings. The van der Waals surface area contributed by atoms with Gasteiger partial charge in [0, 0.05) is 20.2 Å². The van der Waals surface area contributed by atoms with Gasteiger partial charge in [-0.15, -0.1) is 0 Å². The summed E-state index contributed by atoms with van der Waals surface area (Å²) in [6.07, 6.45) is 0. The second-order valence-corrected chi connectivity index (χ2v) is 6.16. The smallest absolute Gasteiger partial charge is 0.251 e. The number of fused-ring (bicyclic) bond motifs is 1. The molecule has 0 saturated heterocycles. The van der Waals surface area contributed by atoms with Gasteiger partial charge in [-0.1, -0.05) is 37.9 Å². The third kappa shape index (κ3) is 2.33. The molecule has 1 unspecified atom stereocenters. The molecule has 1 heterocycles. The summed E-state index contributed by atoms with van der Waals surface area (Å²) >= 11 is 6.72. The Balaban J connectivity index is 2.00. The molecule has 3 rings (SSSR count). The largest absolute Gasteiger partial charge is 0.368 e. The van der Waals surface area contributed by atoms with Gasteiger partial charge in [-0.05, 0) is 30.3 Å². The molecule has 0 fully saturated rings. The van der Waals surface area contributed by atoms with Gasteiger partial charge in [-0.2, -0.15) is 0 Å². The highest BCUT2D eigenvalue weighted by Crippen LogP contribution is 2.38. The molecular weight excluding hydrogens is 391 g/mol. The summed E-state index contributed by atoms with van der Waals surface area (Å²) in [6, 6.07) is 9.45. The van der Waals surface area contributed by atoms with Crippen LogP contribution in [0.1, 0.15) is 11.6 Å². The van der Waals surface area contributed by atoms with Crippen molar-refractivity contribution < 1.29 is 9.18 Å². The van der Waals surface area contributed by atoms with Gasteiger partial charge in [0.2, 0.25) is 0 Å². The molecule has 0 aromatic heterocycles. The fraction of sp³-hybridized carbons (Fsp3) is 0.0714. The summed E-state index contributed by atoms with van der Waals surface area (Å²) in [7, 11) is 0. The van der Waals surface area contributed by atoms with E-state index in [0.29, 0.717) is 0 Å². The molecule has 0 bridgehead atoms. The maximum atomic E-state index is 13.8. The van der Waals surface area contributed by atoms with Gasteiger partial charge in [-0.25, -0.2) is 4.39 Å². The van der Waals surface area contributed by atoms with E-state index in [4.69, 9.17) is 0 Å². The lowest BCUT2D eigenvalue weighted by Gasteiger charge is -2.15. The Morgan fingerprint density at radius 1 is 1.20 bits per heavy atom. The fourth-order valence-electron chi connectivity index (χ4n) is 2.18. The van der Waals surface area contributed by atoms with Gasteiger partial charge in [0.05, 0.1) is 5.69 Å². The number of halogens is 3. The van der Waals surface area contributed by atoms with Crippen LogP contribution in [0.15, 0.2) is 45.3 Å². The second-order valence-electron chi connectivity index (χ2n) is 4.39. The molecule has 2 aromatic rings. The molecule has 0 spiro atoms. The van der Waals surface area contributed by atoms with E-state index in [2.05, 4.69) is 42.5 Å². The van der Waals surface area contributed by atoms with Gasteiger partial charge in [-0.3, -0.25) is 4.79 Å². The first kappa shape index (κ1) is 13.6. The van der Waals surface area contributed by atoms with Crippen LogP contribution in [0.4, 0.5) is 15.8 Å². The van der Waals surface area contributed by atoms with Crippen molar-refractivity contribution in [3.63, 3.8) is 0 Å². The monoisotopic (exact) mass is 398 g/mol. The van der Waals surface area contributed by atoms with Crippen LogP contribution in [-0.2, 0) is 4.79 Å². The first-order chi connectivity index (χ1) is 9.56. The molecular formula is C14H9Br2FN2O. The Kier molecular flexibility index (Phi) is 3.52. The standard InChI is InChI=1S/C14H9Br2FN2O/c15-7-4-5-9(17)11(6-7)18-13-12-8(16)2-1-3-10(12)19-14(13)20/h1-6,13,18H,(H,19,20). The second kappa shape index (κ2) is 5.18.